The molecular formula is C6H12BNO3. The first kappa shape index (κ1) is 8.39. The molecule has 0 aromatic heterocycles. The quantitative estimate of drug-likeness (QED) is 0.476. The van der Waals surface area contributed by atoms with Crippen LogP contribution in [0, 0.1) is 0 Å². The number of hydrogen-bond donors (Lipinski definition) is 0. The highest BCUT2D eigenvalue weighted by atomic mass is 16.5. The normalized spacial score (nSPS) is 23.7. The van der Waals surface area contributed by atoms with Crippen LogP contribution in [-0.2, 0) is 9.39 Å². The zero-order valence-corrected chi connectivity index (χ0v) is 6.87. The fourth-order valence-electron chi connectivity index (χ4n) is 1.22. The number of methoxy groups -OCH3 is 1. The van der Waals surface area contributed by atoms with Gasteiger partial charge in [-0.15, -0.1) is 0 Å². The molecule has 0 bridgehead atoms. The molecule has 5 heteroatoms. The third kappa shape index (κ3) is 1.86. The molecule has 62 valence electrons. The van der Waals surface area contributed by atoms with Crippen molar-refractivity contribution in [2.75, 3.05) is 20.2 Å². The standard InChI is InChI=1S/C6H12BNO3/c1-10-6(9)8-3-2-5(4-8)11-7/h5H,2-4,7H2,1H3. The van der Waals surface area contributed by atoms with Crippen LogP contribution in [0.3, 0.4) is 0 Å². The topological polar surface area (TPSA) is 38.8 Å². The van der Waals surface area contributed by atoms with Gasteiger partial charge in [-0.2, -0.15) is 0 Å². The van der Waals surface area contributed by atoms with Gasteiger partial charge in [-0.1, -0.05) is 0 Å². The van der Waals surface area contributed by atoms with Crippen LogP contribution in [0.1, 0.15) is 6.42 Å². The molecule has 0 spiro atoms. The summed E-state index contributed by atoms with van der Waals surface area (Å²) in [5.41, 5.74) is 0. The predicted octanol–water partition coefficient (Wildman–Crippen LogP) is -0.608. The summed E-state index contributed by atoms with van der Waals surface area (Å²) < 4.78 is 9.64. The second-order valence-electron chi connectivity index (χ2n) is 2.56. The third-order valence-electron chi connectivity index (χ3n) is 1.91. The number of carbonyl (C=O) groups is 1. The number of amides is 1. The SMILES string of the molecule is BOC1CCN(C(=O)OC)C1. The Morgan fingerprint density at radius 3 is 2.91 bits per heavy atom. The Bertz CT molecular complexity index is 153. The van der Waals surface area contributed by atoms with E-state index >= 15 is 0 Å². The molecule has 1 aliphatic rings. The van der Waals surface area contributed by atoms with Gasteiger partial charge < -0.3 is 14.3 Å². The summed E-state index contributed by atoms with van der Waals surface area (Å²) in [6.45, 7) is 1.40. The Labute approximate surface area is 66.9 Å². The number of hydrogen-bond acceptors (Lipinski definition) is 3. The van der Waals surface area contributed by atoms with Crippen LogP contribution in [0.2, 0.25) is 0 Å². The molecule has 0 aliphatic carbocycles. The van der Waals surface area contributed by atoms with E-state index in [9.17, 15) is 4.79 Å². The van der Waals surface area contributed by atoms with Crippen LogP contribution >= 0.6 is 0 Å². The van der Waals surface area contributed by atoms with E-state index in [2.05, 4.69) is 4.74 Å². The van der Waals surface area contributed by atoms with Gasteiger partial charge in [-0.3, -0.25) is 0 Å². The van der Waals surface area contributed by atoms with Gasteiger partial charge in [0.05, 0.1) is 13.2 Å². The van der Waals surface area contributed by atoms with Gasteiger partial charge in [-0.25, -0.2) is 4.79 Å². The summed E-state index contributed by atoms with van der Waals surface area (Å²) in [5, 5.41) is 0. The largest absolute Gasteiger partial charge is 0.453 e. The molecule has 0 saturated carbocycles. The average Bonchev–Trinajstić information content (AvgIpc) is 2.50. The van der Waals surface area contributed by atoms with E-state index < -0.39 is 0 Å². The van der Waals surface area contributed by atoms with Crippen LogP contribution in [0.25, 0.3) is 0 Å². The van der Waals surface area contributed by atoms with Crippen LogP contribution in [0.5, 0.6) is 0 Å². The van der Waals surface area contributed by atoms with Crippen molar-refractivity contribution in [3.05, 3.63) is 0 Å². The van der Waals surface area contributed by atoms with Crippen LogP contribution in [-0.4, -0.2) is 45.3 Å². The minimum Gasteiger partial charge on any atom is -0.453 e. The monoisotopic (exact) mass is 157 g/mol. The summed E-state index contributed by atoms with van der Waals surface area (Å²) in [5.74, 6) is 0. The first-order valence-electron chi connectivity index (χ1n) is 3.63. The summed E-state index contributed by atoms with van der Waals surface area (Å²) >= 11 is 0. The molecule has 4 nitrogen and oxygen atoms in total. The number of nitrogens with zero attached hydrogens (tertiary/aromatic N) is 1. The Balaban J connectivity index is 2.35. The minimum atomic E-state index is -0.260. The van der Waals surface area contributed by atoms with Gasteiger partial charge in [0.25, 0.3) is 8.05 Å². The molecular weight excluding hydrogens is 145 g/mol. The summed E-state index contributed by atoms with van der Waals surface area (Å²) in [7, 11) is 3.05. The van der Waals surface area contributed by atoms with Crippen molar-refractivity contribution in [1.29, 1.82) is 0 Å². The van der Waals surface area contributed by atoms with Crippen molar-refractivity contribution in [2.45, 2.75) is 12.5 Å². The van der Waals surface area contributed by atoms with E-state index in [4.69, 9.17) is 4.65 Å². The van der Waals surface area contributed by atoms with E-state index in [1.807, 2.05) is 0 Å². The molecule has 1 saturated heterocycles. The van der Waals surface area contributed by atoms with Gasteiger partial charge in [0.2, 0.25) is 0 Å². The lowest BCUT2D eigenvalue weighted by Gasteiger charge is -2.13. The van der Waals surface area contributed by atoms with Crippen LogP contribution < -0.4 is 0 Å². The maximum Gasteiger partial charge on any atom is 0.409 e. The Morgan fingerprint density at radius 1 is 1.73 bits per heavy atom. The fraction of sp³-hybridized carbons (Fsp3) is 0.833. The molecule has 1 unspecified atom stereocenters. The molecule has 1 aliphatic heterocycles. The summed E-state index contributed by atoms with van der Waals surface area (Å²) in [6, 6.07) is 0. The van der Waals surface area contributed by atoms with E-state index in [1.165, 1.54) is 7.11 Å². The number of carbonyl (C=O) groups excluding carboxylic acids is 1. The molecule has 0 aromatic carbocycles. The highest BCUT2D eigenvalue weighted by Gasteiger charge is 2.25. The van der Waals surface area contributed by atoms with Gasteiger partial charge in [-0.05, 0) is 6.42 Å². The zero-order chi connectivity index (χ0) is 8.27. The lowest BCUT2D eigenvalue weighted by Crippen LogP contribution is -2.29. The van der Waals surface area contributed by atoms with E-state index in [0.717, 1.165) is 13.0 Å². The first-order valence-corrected chi connectivity index (χ1v) is 3.63. The average molecular weight is 157 g/mol. The molecule has 11 heavy (non-hydrogen) atoms. The molecule has 0 aromatic rings. The van der Waals surface area contributed by atoms with Crippen LogP contribution in [0.4, 0.5) is 4.79 Å². The molecule has 0 N–H and O–H groups in total. The molecule has 1 rings (SSSR count). The highest BCUT2D eigenvalue weighted by molar-refractivity contribution is 5.98. The van der Waals surface area contributed by atoms with Crippen molar-refractivity contribution in [3.8, 4) is 0 Å². The highest BCUT2D eigenvalue weighted by Crippen LogP contribution is 2.11. The van der Waals surface area contributed by atoms with E-state index in [0.29, 0.717) is 6.54 Å². The number of likely N-dealkylation sites (tertiary alicyclic amines) is 1. The third-order valence-corrected chi connectivity index (χ3v) is 1.91. The molecule has 1 atom stereocenters. The Kier molecular flexibility index (Phi) is 2.76. The molecule has 1 heterocycles. The lowest BCUT2D eigenvalue weighted by molar-refractivity contribution is 0.127. The maximum absolute atomic E-state index is 10.9. The molecule has 1 amide bonds. The van der Waals surface area contributed by atoms with Crippen molar-refractivity contribution >= 4 is 14.1 Å². The Hall–Kier alpha value is -0.705. The fourth-order valence-corrected chi connectivity index (χ4v) is 1.22. The summed E-state index contributed by atoms with van der Waals surface area (Å²) in [4.78, 5) is 12.6. The van der Waals surface area contributed by atoms with Crippen molar-refractivity contribution in [3.63, 3.8) is 0 Å². The lowest BCUT2D eigenvalue weighted by atomic mass is 10.3. The second kappa shape index (κ2) is 3.62. The maximum atomic E-state index is 10.9. The first-order chi connectivity index (χ1) is 5.27. The van der Waals surface area contributed by atoms with Crippen molar-refractivity contribution < 1.29 is 14.2 Å². The molecule has 1 fully saturated rings. The Morgan fingerprint density at radius 2 is 2.45 bits per heavy atom. The molecule has 0 radical (unpaired) electrons. The van der Waals surface area contributed by atoms with Crippen molar-refractivity contribution in [1.82, 2.24) is 4.90 Å². The smallest absolute Gasteiger partial charge is 0.409 e. The second-order valence-corrected chi connectivity index (χ2v) is 2.56. The minimum absolute atomic E-state index is 0.189. The van der Waals surface area contributed by atoms with E-state index in [-0.39, 0.29) is 12.2 Å². The number of ether oxygens (including phenoxy) is 1. The zero-order valence-electron chi connectivity index (χ0n) is 6.87. The number of rotatable bonds is 1. The van der Waals surface area contributed by atoms with Crippen LogP contribution in [0.15, 0.2) is 0 Å². The van der Waals surface area contributed by atoms with Gasteiger partial charge in [0.15, 0.2) is 0 Å². The van der Waals surface area contributed by atoms with Crippen molar-refractivity contribution in [2.24, 2.45) is 0 Å². The summed E-state index contributed by atoms with van der Waals surface area (Å²) in [6.07, 6.45) is 0.838. The van der Waals surface area contributed by atoms with Gasteiger partial charge >= 0.3 is 6.09 Å². The van der Waals surface area contributed by atoms with Gasteiger partial charge in [0.1, 0.15) is 0 Å². The predicted molar refractivity (Wildman–Crippen MR) is 42.0 cm³/mol. The van der Waals surface area contributed by atoms with Gasteiger partial charge in [0, 0.05) is 13.1 Å². The van der Waals surface area contributed by atoms with E-state index in [1.54, 1.807) is 12.9 Å².